The highest BCUT2D eigenvalue weighted by molar-refractivity contribution is 6.76. The summed E-state index contributed by atoms with van der Waals surface area (Å²) in [5, 5.41) is 16.7. The number of aromatic nitrogens is 10. The van der Waals surface area contributed by atoms with Crippen molar-refractivity contribution in [3.63, 3.8) is 0 Å². The molecule has 2 amide bonds. The van der Waals surface area contributed by atoms with Gasteiger partial charge in [0, 0.05) is 66.2 Å². The van der Waals surface area contributed by atoms with Gasteiger partial charge in [0.25, 0.3) is 11.8 Å². The number of carbonyl (C=O) groups is 2. The van der Waals surface area contributed by atoms with Crippen molar-refractivity contribution in [1.29, 1.82) is 0 Å². The fourth-order valence-electron chi connectivity index (χ4n) is 8.39. The molecule has 6 heterocycles. The zero-order valence-corrected chi connectivity index (χ0v) is 42.9. The second-order valence-corrected chi connectivity index (χ2v) is 25.3. The second-order valence-electron chi connectivity index (χ2n) is 19.7. The van der Waals surface area contributed by atoms with E-state index in [2.05, 4.69) is 88.1 Å². The molecule has 3 N–H and O–H groups in total. The van der Waals surface area contributed by atoms with E-state index < -0.39 is 8.07 Å². The van der Waals surface area contributed by atoms with Gasteiger partial charge in [-0.1, -0.05) is 47.3 Å². The molecular formula is C50H64F2N12O5Si. The number of hydrogen-bond acceptors (Lipinski definition) is 11. The molecule has 0 fully saturated rings. The van der Waals surface area contributed by atoms with Gasteiger partial charge in [-0.2, -0.15) is 10.2 Å². The molecule has 0 aliphatic heterocycles. The number of carbonyl (C=O) groups excluding carboxylic acids is 2. The van der Waals surface area contributed by atoms with Crippen LogP contribution in [0.15, 0.2) is 61.2 Å². The SMILES string of the molecule is COC[C@H](CC(C)C)NC(=O)c1c[nH]c2ncc(-c3nn(C)c4cc(F)ccc34)nc12.COC[C@H](CC(C)C)NC(=O)c1cn(COCC[Si](C)(C)C)c2ncc(-c3nn(C)c4cc(F)ccc34)nc12. The number of aromatic amines is 1. The van der Waals surface area contributed by atoms with Crippen LogP contribution in [0.2, 0.25) is 25.7 Å². The topological polar surface area (TPSA) is 194 Å². The van der Waals surface area contributed by atoms with Crippen LogP contribution in [0.3, 0.4) is 0 Å². The van der Waals surface area contributed by atoms with Crippen molar-refractivity contribution in [2.24, 2.45) is 25.9 Å². The third-order valence-electron chi connectivity index (χ3n) is 11.7. The van der Waals surface area contributed by atoms with Gasteiger partial charge in [-0.3, -0.25) is 19.0 Å². The van der Waals surface area contributed by atoms with Crippen molar-refractivity contribution >= 4 is 64.0 Å². The number of ether oxygens (including phenoxy) is 3. The van der Waals surface area contributed by atoms with Crippen molar-refractivity contribution in [3.05, 3.63) is 83.9 Å². The first kappa shape index (κ1) is 51.4. The number of halogens is 2. The van der Waals surface area contributed by atoms with Crippen LogP contribution in [-0.2, 0) is 35.0 Å². The molecule has 2 aromatic carbocycles. The minimum Gasteiger partial charge on any atom is -0.383 e. The number of benzene rings is 2. The van der Waals surface area contributed by atoms with Crippen LogP contribution >= 0.6 is 0 Å². The van der Waals surface area contributed by atoms with Crippen molar-refractivity contribution < 1.29 is 32.6 Å². The van der Waals surface area contributed by atoms with Gasteiger partial charge in [0.1, 0.15) is 52.2 Å². The van der Waals surface area contributed by atoms with E-state index in [1.165, 1.54) is 24.3 Å². The van der Waals surface area contributed by atoms with E-state index in [0.717, 1.165) is 29.7 Å². The fourth-order valence-corrected chi connectivity index (χ4v) is 9.15. The Bertz CT molecular complexity index is 3120. The average Bonchev–Trinajstić information content (AvgIpc) is 4.06. The van der Waals surface area contributed by atoms with Crippen molar-refractivity contribution in [1.82, 2.24) is 59.7 Å². The second kappa shape index (κ2) is 22.1. The predicted molar refractivity (Wildman–Crippen MR) is 270 cm³/mol. The van der Waals surface area contributed by atoms with Gasteiger partial charge in [-0.05, 0) is 67.1 Å². The number of nitrogens with one attached hydrogen (secondary N) is 3. The molecule has 0 aliphatic rings. The van der Waals surface area contributed by atoms with Crippen LogP contribution in [0, 0.1) is 23.5 Å². The zero-order valence-electron chi connectivity index (χ0n) is 41.9. The molecule has 372 valence electrons. The maximum Gasteiger partial charge on any atom is 0.255 e. The van der Waals surface area contributed by atoms with Gasteiger partial charge in [-0.25, -0.2) is 28.7 Å². The number of hydrogen-bond donors (Lipinski definition) is 3. The van der Waals surface area contributed by atoms with Crippen LogP contribution in [-0.4, -0.2) is 115 Å². The summed E-state index contributed by atoms with van der Waals surface area (Å²) in [5.41, 5.74) is 6.25. The molecule has 2 atom stereocenters. The molecule has 17 nitrogen and oxygen atoms in total. The number of aryl methyl sites for hydroxylation is 2. The molecule has 0 bridgehead atoms. The Kier molecular flexibility index (Phi) is 16.2. The fraction of sp³-hybridized carbons (Fsp3) is 0.440. The first-order chi connectivity index (χ1) is 33.3. The highest BCUT2D eigenvalue weighted by Gasteiger charge is 2.25. The summed E-state index contributed by atoms with van der Waals surface area (Å²) >= 11 is 0. The van der Waals surface area contributed by atoms with Crippen LogP contribution < -0.4 is 10.6 Å². The maximum atomic E-state index is 13.9. The number of H-pyrrole nitrogens is 1. The molecule has 8 aromatic rings. The summed E-state index contributed by atoms with van der Waals surface area (Å²) in [6, 6.07) is 9.81. The Morgan fingerprint density at radius 1 is 0.743 bits per heavy atom. The van der Waals surface area contributed by atoms with Gasteiger partial charge in [0.05, 0.1) is 59.9 Å². The third kappa shape index (κ3) is 12.1. The minimum atomic E-state index is -1.24. The lowest BCUT2D eigenvalue weighted by atomic mass is 10.0. The first-order valence-corrected chi connectivity index (χ1v) is 27.2. The highest BCUT2D eigenvalue weighted by atomic mass is 28.3. The zero-order chi connectivity index (χ0) is 50.4. The number of fused-ring (bicyclic) bond motifs is 4. The van der Waals surface area contributed by atoms with E-state index >= 15 is 0 Å². The van der Waals surface area contributed by atoms with E-state index in [4.69, 9.17) is 19.2 Å². The Morgan fingerprint density at radius 3 is 1.77 bits per heavy atom. The van der Waals surface area contributed by atoms with Crippen molar-refractivity contribution in [2.75, 3.05) is 34.0 Å². The van der Waals surface area contributed by atoms with Crippen molar-refractivity contribution in [2.45, 2.75) is 85.0 Å². The van der Waals surface area contributed by atoms with E-state index in [0.29, 0.717) is 98.9 Å². The number of nitrogens with zero attached hydrogens (tertiary/aromatic N) is 9. The Balaban J connectivity index is 0.000000212. The van der Waals surface area contributed by atoms with Gasteiger partial charge < -0.3 is 34.4 Å². The number of amides is 2. The monoisotopic (exact) mass is 978 g/mol. The lowest BCUT2D eigenvalue weighted by Crippen LogP contribution is -2.39. The summed E-state index contributed by atoms with van der Waals surface area (Å²) < 4.78 is 49.2. The smallest absolute Gasteiger partial charge is 0.255 e. The molecule has 70 heavy (non-hydrogen) atoms. The van der Waals surface area contributed by atoms with E-state index in [1.807, 2.05) is 4.57 Å². The predicted octanol–water partition coefficient (Wildman–Crippen LogP) is 8.67. The molecule has 20 heteroatoms. The number of methoxy groups -OCH3 is 2. The average molecular weight is 979 g/mol. The lowest BCUT2D eigenvalue weighted by Gasteiger charge is -2.19. The molecule has 6 aromatic heterocycles. The van der Waals surface area contributed by atoms with Crippen molar-refractivity contribution in [3.8, 4) is 22.8 Å². The molecule has 0 aliphatic carbocycles. The summed E-state index contributed by atoms with van der Waals surface area (Å²) in [7, 11) is 5.51. The molecule has 0 unspecified atom stereocenters. The summed E-state index contributed by atoms with van der Waals surface area (Å²) in [4.78, 5) is 48.2. The quantitative estimate of drug-likeness (QED) is 0.0519. The van der Waals surface area contributed by atoms with Gasteiger partial charge >= 0.3 is 0 Å². The van der Waals surface area contributed by atoms with E-state index in [-0.39, 0.29) is 42.3 Å². The normalized spacial score (nSPS) is 12.9. The Labute approximate surface area is 406 Å². The first-order valence-electron chi connectivity index (χ1n) is 23.5. The molecular weight excluding hydrogens is 915 g/mol. The lowest BCUT2D eigenvalue weighted by molar-refractivity contribution is 0.0867. The molecule has 0 saturated carbocycles. The summed E-state index contributed by atoms with van der Waals surface area (Å²) in [6.45, 7) is 17.1. The van der Waals surface area contributed by atoms with Crippen LogP contribution in [0.25, 0.3) is 66.9 Å². The van der Waals surface area contributed by atoms with Crippen LogP contribution in [0.4, 0.5) is 8.78 Å². The van der Waals surface area contributed by atoms with E-state index in [9.17, 15) is 18.4 Å². The summed E-state index contributed by atoms with van der Waals surface area (Å²) in [6.07, 6.45) is 8.18. The van der Waals surface area contributed by atoms with Gasteiger partial charge in [0.15, 0.2) is 11.3 Å². The number of rotatable bonds is 19. The third-order valence-corrected chi connectivity index (χ3v) is 13.4. The van der Waals surface area contributed by atoms with E-state index in [1.54, 1.807) is 74.6 Å². The van der Waals surface area contributed by atoms with Gasteiger partial charge in [-0.15, -0.1) is 0 Å². The largest absolute Gasteiger partial charge is 0.383 e. The highest BCUT2D eigenvalue weighted by Crippen LogP contribution is 2.31. The molecule has 0 saturated heterocycles. The van der Waals surface area contributed by atoms with Gasteiger partial charge in [0.2, 0.25) is 0 Å². The summed E-state index contributed by atoms with van der Waals surface area (Å²) in [5.74, 6) is -0.357. The van der Waals surface area contributed by atoms with Crippen LogP contribution in [0.5, 0.6) is 0 Å². The molecule has 8 rings (SSSR count). The Morgan fingerprint density at radius 2 is 1.26 bits per heavy atom. The maximum absolute atomic E-state index is 13.9. The standard InChI is InChI=1S/C28H39FN6O3Si.C22H25FN6O2/c1-18(2)12-20(16-37-4)31-28(36)22-15-35(17-38-10-11-39(5,6)7)27-26(22)32-23(14-30-27)25-21-9-8-19(29)13-24(21)34(3)33-25;1-12(2)7-14(11-31-4)26-22(30)16-9-24-21-20(16)27-17(10-25-21)19-15-6-5-13(23)8-18(15)29(3)28-19/h8-9,13-15,18,20H,10-12,16-17H2,1-7H3,(H,31,36);5-6,8-10,12,14H,7,11H2,1-4H3,(H,24,25)(H,26,30)/t20-;14-/m00/s1. The molecule has 0 spiro atoms. The minimum absolute atomic E-state index is 0.103. The Hall–Kier alpha value is -6.48. The molecule has 0 radical (unpaired) electrons. The van der Waals surface area contributed by atoms with Crippen LogP contribution in [0.1, 0.15) is 61.3 Å².